The van der Waals surface area contributed by atoms with E-state index in [0.29, 0.717) is 13.2 Å². The van der Waals surface area contributed by atoms with Crippen molar-refractivity contribution in [2.75, 3.05) is 19.8 Å². The van der Waals surface area contributed by atoms with Crippen LogP contribution in [0, 0.1) is 0 Å². The van der Waals surface area contributed by atoms with Gasteiger partial charge in [-0.1, -0.05) is 0 Å². The van der Waals surface area contributed by atoms with Crippen molar-refractivity contribution in [3.8, 4) is 0 Å². The Balaban J connectivity index is 2.53. The normalized spacial score (nSPS) is 23.9. The molecule has 2 atom stereocenters. The highest BCUT2D eigenvalue weighted by Gasteiger charge is 2.28. The molecule has 1 aliphatic heterocycles. The summed E-state index contributed by atoms with van der Waals surface area (Å²) in [6.07, 6.45) is 3.30. The molecule has 0 aromatic rings. The molecule has 1 saturated heterocycles. The van der Waals surface area contributed by atoms with Gasteiger partial charge >= 0.3 is 0 Å². The molecule has 0 spiro atoms. The summed E-state index contributed by atoms with van der Waals surface area (Å²) in [5.74, 6) is 0.0427. The molecule has 0 bridgehead atoms. The van der Waals surface area contributed by atoms with Gasteiger partial charge in [-0.2, -0.15) is 0 Å². The molecule has 0 radical (unpaired) electrons. The summed E-state index contributed by atoms with van der Waals surface area (Å²) in [6.45, 7) is 5.88. The minimum Gasteiger partial charge on any atom is -0.380 e. The third-order valence-corrected chi connectivity index (χ3v) is 2.95. The van der Waals surface area contributed by atoms with Crippen LogP contribution in [-0.4, -0.2) is 42.0 Å². The van der Waals surface area contributed by atoms with Gasteiger partial charge in [0.15, 0.2) is 0 Å². The van der Waals surface area contributed by atoms with Gasteiger partial charge < -0.3 is 9.64 Å². The molecule has 1 aliphatic rings. The van der Waals surface area contributed by atoms with E-state index in [2.05, 4.69) is 0 Å². The van der Waals surface area contributed by atoms with E-state index in [1.165, 1.54) is 6.42 Å². The SMILES string of the molecule is CCOC[C@H]1CCCCN1C(=O)[C@@H](C)Cl. The van der Waals surface area contributed by atoms with E-state index in [-0.39, 0.29) is 11.9 Å². The maximum Gasteiger partial charge on any atom is 0.240 e. The summed E-state index contributed by atoms with van der Waals surface area (Å²) in [4.78, 5) is 13.7. The fraction of sp³-hybridized carbons (Fsp3) is 0.909. The number of ether oxygens (including phenoxy) is 1. The lowest BCUT2D eigenvalue weighted by Gasteiger charge is -2.36. The average molecular weight is 234 g/mol. The number of halogens is 1. The van der Waals surface area contributed by atoms with E-state index in [9.17, 15) is 4.79 Å². The quantitative estimate of drug-likeness (QED) is 0.696. The number of likely N-dealkylation sites (tertiary alicyclic amines) is 1. The fourth-order valence-corrected chi connectivity index (χ4v) is 2.07. The Kier molecular flexibility index (Phi) is 5.40. The van der Waals surface area contributed by atoms with Gasteiger partial charge in [-0.05, 0) is 33.1 Å². The maximum absolute atomic E-state index is 11.8. The highest BCUT2D eigenvalue weighted by atomic mass is 35.5. The topological polar surface area (TPSA) is 29.5 Å². The van der Waals surface area contributed by atoms with E-state index < -0.39 is 5.38 Å². The van der Waals surface area contributed by atoms with Crippen molar-refractivity contribution in [3.05, 3.63) is 0 Å². The molecule has 0 N–H and O–H groups in total. The number of nitrogens with zero attached hydrogens (tertiary/aromatic N) is 1. The second-order valence-corrected chi connectivity index (χ2v) is 4.61. The summed E-state index contributed by atoms with van der Waals surface area (Å²) >= 11 is 5.83. The zero-order chi connectivity index (χ0) is 11.3. The van der Waals surface area contributed by atoms with Gasteiger partial charge in [0.25, 0.3) is 0 Å². The van der Waals surface area contributed by atoms with Crippen LogP contribution in [-0.2, 0) is 9.53 Å². The molecular weight excluding hydrogens is 214 g/mol. The summed E-state index contributed by atoms with van der Waals surface area (Å²) in [6, 6.07) is 0.229. The Labute approximate surface area is 96.7 Å². The van der Waals surface area contributed by atoms with Gasteiger partial charge in [0.2, 0.25) is 5.91 Å². The van der Waals surface area contributed by atoms with Gasteiger partial charge in [-0.25, -0.2) is 0 Å². The molecule has 1 rings (SSSR count). The molecule has 15 heavy (non-hydrogen) atoms. The van der Waals surface area contributed by atoms with Gasteiger partial charge in [-0.3, -0.25) is 4.79 Å². The second kappa shape index (κ2) is 6.33. The molecular formula is C11H20ClNO2. The summed E-state index contributed by atoms with van der Waals surface area (Å²) in [5.41, 5.74) is 0. The van der Waals surface area contributed by atoms with Crippen LogP contribution in [0.4, 0.5) is 0 Å². The van der Waals surface area contributed by atoms with Crippen LogP contribution in [0.3, 0.4) is 0 Å². The first kappa shape index (κ1) is 12.8. The Morgan fingerprint density at radius 1 is 1.60 bits per heavy atom. The molecule has 1 amide bonds. The van der Waals surface area contributed by atoms with E-state index >= 15 is 0 Å². The monoisotopic (exact) mass is 233 g/mol. The Morgan fingerprint density at radius 2 is 2.33 bits per heavy atom. The van der Waals surface area contributed by atoms with Crippen LogP contribution in [0.1, 0.15) is 33.1 Å². The lowest BCUT2D eigenvalue weighted by molar-refractivity contribution is -0.135. The lowest BCUT2D eigenvalue weighted by Crippen LogP contribution is -2.48. The van der Waals surface area contributed by atoms with Crippen LogP contribution in [0.2, 0.25) is 0 Å². The molecule has 0 aromatic carbocycles. The van der Waals surface area contributed by atoms with Crippen LogP contribution in [0.25, 0.3) is 0 Å². The van der Waals surface area contributed by atoms with E-state index in [4.69, 9.17) is 16.3 Å². The maximum atomic E-state index is 11.8. The van der Waals surface area contributed by atoms with E-state index in [1.807, 2.05) is 11.8 Å². The predicted octanol–water partition coefficient (Wildman–Crippen LogP) is 2.03. The number of amides is 1. The van der Waals surface area contributed by atoms with Gasteiger partial charge in [-0.15, -0.1) is 11.6 Å². The molecule has 88 valence electrons. The number of carbonyl (C=O) groups excluding carboxylic acids is 1. The first-order valence-electron chi connectivity index (χ1n) is 5.69. The van der Waals surface area contributed by atoms with Crippen LogP contribution in [0.5, 0.6) is 0 Å². The fourth-order valence-electron chi connectivity index (χ4n) is 1.95. The summed E-state index contributed by atoms with van der Waals surface area (Å²) < 4.78 is 5.40. The molecule has 0 unspecified atom stereocenters. The van der Waals surface area contributed by atoms with Gasteiger partial charge in [0.1, 0.15) is 5.38 Å². The Bertz CT molecular complexity index is 209. The molecule has 3 nitrogen and oxygen atoms in total. The third kappa shape index (κ3) is 3.65. The first-order chi connectivity index (χ1) is 7.16. The largest absolute Gasteiger partial charge is 0.380 e. The molecule has 1 fully saturated rings. The Hall–Kier alpha value is -0.280. The van der Waals surface area contributed by atoms with Crippen LogP contribution >= 0.6 is 11.6 Å². The van der Waals surface area contributed by atoms with Crippen molar-refractivity contribution in [2.24, 2.45) is 0 Å². The van der Waals surface area contributed by atoms with Crippen molar-refractivity contribution in [3.63, 3.8) is 0 Å². The highest BCUT2D eigenvalue weighted by Crippen LogP contribution is 2.19. The Morgan fingerprint density at radius 3 is 2.93 bits per heavy atom. The van der Waals surface area contributed by atoms with Crippen molar-refractivity contribution in [2.45, 2.75) is 44.5 Å². The number of rotatable bonds is 4. The smallest absolute Gasteiger partial charge is 0.240 e. The zero-order valence-electron chi connectivity index (χ0n) is 9.54. The molecule has 1 heterocycles. The average Bonchev–Trinajstić information content (AvgIpc) is 2.25. The minimum atomic E-state index is -0.424. The van der Waals surface area contributed by atoms with Crippen molar-refractivity contribution in [1.29, 1.82) is 0 Å². The molecule has 0 saturated carbocycles. The van der Waals surface area contributed by atoms with Crippen molar-refractivity contribution in [1.82, 2.24) is 4.90 Å². The number of alkyl halides is 1. The van der Waals surface area contributed by atoms with E-state index in [0.717, 1.165) is 19.4 Å². The first-order valence-corrected chi connectivity index (χ1v) is 6.12. The summed E-state index contributed by atoms with van der Waals surface area (Å²) in [5, 5.41) is -0.424. The van der Waals surface area contributed by atoms with Crippen molar-refractivity contribution < 1.29 is 9.53 Å². The lowest BCUT2D eigenvalue weighted by atomic mass is 10.0. The van der Waals surface area contributed by atoms with Gasteiger partial charge in [0, 0.05) is 13.2 Å². The zero-order valence-corrected chi connectivity index (χ0v) is 10.3. The van der Waals surface area contributed by atoms with E-state index in [1.54, 1.807) is 6.92 Å². The number of piperidine rings is 1. The minimum absolute atomic E-state index is 0.0427. The number of carbonyl (C=O) groups is 1. The van der Waals surface area contributed by atoms with Crippen molar-refractivity contribution >= 4 is 17.5 Å². The van der Waals surface area contributed by atoms with Crippen LogP contribution in [0.15, 0.2) is 0 Å². The standard InChI is InChI=1S/C11H20ClNO2/c1-3-15-8-10-6-4-5-7-13(10)11(14)9(2)12/h9-10H,3-8H2,1-2H3/t9-,10-/m1/s1. The predicted molar refractivity (Wildman–Crippen MR) is 61.2 cm³/mol. The van der Waals surface area contributed by atoms with Gasteiger partial charge in [0.05, 0.1) is 12.6 Å². The molecule has 4 heteroatoms. The number of hydrogen-bond donors (Lipinski definition) is 0. The highest BCUT2D eigenvalue weighted by molar-refractivity contribution is 6.30. The molecule has 0 aromatic heterocycles. The van der Waals surface area contributed by atoms with Crippen LogP contribution < -0.4 is 0 Å². The second-order valence-electron chi connectivity index (χ2n) is 3.96. The number of hydrogen-bond acceptors (Lipinski definition) is 2. The third-order valence-electron chi connectivity index (χ3n) is 2.76. The molecule has 0 aliphatic carbocycles. The summed E-state index contributed by atoms with van der Waals surface area (Å²) in [7, 11) is 0.